The highest BCUT2D eigenvalue weighted by Crippen LogP contribution is 1.95. The molecule has 0 saturated carbocycles. The van der Waals surface area contributed by atoms with Crippen LogP contribution in [-0.4, -0.2) is 12.4 Å². The first-order valence-electron chi connectivity index (χ1n) is 2.80. The van der Waals surface area contributed by atoms with Gasteiger partial charge in [0, 0.05) is 12.4 Å². The molecule has 0 bridgehead atoms. The Morgan fingerprint density at radius 1 is 1.70 bits per heavy atom. The molecule has 0 aromatic rings. The molecule has 1 aliphatic heterocycles. The maximum Gasteiger partial charge on any atom is 0.131 e. The fourth-order valence-electron chi connectivity index (χ4n) is 0.546. The Morgan fingerprint density at radius 2 is 2.50 bits per heavy atom. The van der Waals surface area contributed by atoms with E-state index in [1.165, 1.54) is 6.21 Å². The first-order chi connectivity index (χ1) is 4.83. The average molecular weight is 136 g/mol. The first-order valence-corrected chi connectivity index (χ1v) is 2.80. The van der Waals surface area contributed by atoms with Crippen molar-refractivity contribution in [1.29, 1.82) is 5.41 Å². The van der Waals surface area contributed by atoms with Crippen LogP contribution in [0.1, 0.15) is 0 Å². The summed E-state index contributed by atoms with van der Waals surface area (Å²) in [7, 11) is 0. The molecule has 0 amide bonds. The zero-order valence-corrected chi connectivity index (χ0v) is 5.33. The highest BCUT2D eigenvalue weighted by Gasteiger charge is 1.94. The largest absolute Gasteiger partial charge is 0.396 e. The lowest BCUT2D eigenvalue weighted by molar-refractivity contribution is 1.00. The van der Waals surface area contributed by atoms with Crippen molar-refractivity contribution in [3.8, 4) is 0 Å². The van der Waals surface area contributed by atoms with Crippen molar-refractivity contribution in [2.24, 2.45) is 10.7 Å². The summed E-state index contributed by atoms with van der Waals surface area (Å²) >= 11 is 0. The zero-order chi connectivity index (χ0) is 7.40. The summed E-state index contributed by atoms with van der Waals surface area (Å²) in [6.45, 7) is 0. The van der Waals surface area contributed by atoms with Crippen molar-refractivity contribution in [2.75, 3.05) is 0 Å². The maximum absolute atomic E-state index is 6.72. The molecule has 0 spiro atoms. The van der Waals surface area contributed by atoms with Gasteiger partial charge in [-0.15, -0.1) is 0 Å². The van der Waals surface area contributed by atoms with E-state index in [1.54, 1.807) is 12.3 Å². The molecule has 10 heavy (non-hydrogen) atoms. The lowest BCUT2D eigenvalue weighted by atomic mass is 10.4. The Labute approximate surface area is 58.6 Å². The summed E-state index contributed by atoms with van der Waals surface area (Å²) in [5, 5.41) is 9.52. The fraction of sp³-hybridized carbons (Fsp3) is 0. The number of hydrogen-bond donors (Lipinski definition) is 3. The number of hydrogen-bond acceptors (Lipinski definition) is 4. The summed E-state index contributed by atoms with van der Waals surface area (Å²) in [4.78, 5) is 3.88. The van der Waals surface area contributed by atoms with Crippen LogP contribution in [0.25, 0.3) is 0 Å². The van der Waals surface area contributed by atoms with Crippen LogP contribution >= 0.6 is 0 Å². The molecule has 1 rings (SSSR count). The molecule has 0 fully saturated rings. The minimum absolute atomic E-state index is 0.585. The van der Waals surface area contributed by atoms with Gasteiger partial charge in [-0.3, -0.25) is 0 Å². The molecule has 1 heterocycles. The van der Waals surface area contributed by atoms with E-state index in [9.17, 15) is 0 Å². The first kappa shape index (κ1) is 6.54. The minimum Gasteiger partial charge on any atom is -0.396 e. The van der Waals surface area contributed by atoms with Gasteiger partial charge in [0.2, 0.25) is 0 Å². The number of nitrogens with one attached hydrogen (secondary N) is 2. The summed E-state index contributed by atoms with van der Waals surface area (Å²) < 4.78 is 0. The Bertz CT molecular complexity index is 224. The van der Waals surface area contributed by atoms with E-state index >= 15 is 0 Å². The molecule has 0 aromatic carbocycles. The van der Waals surface area contributed by atoms with E-state index in [0.717, 1.165) is 6.21 Å². The molecule has 0 aliphatic carbocycles. The highest BCUT2D eigenvalue weighted by atomic mass is 15.0. The lowest BCUT2D eigenvalue weighted by Crippen LogP contribution is -2.14. The second-order valence-corrected chi connectivity index (χ2v) is 1.77. The van der Waals surface area contributed by atoms with Crippen LogP contribution in [0.2, 0.25) is 0 Å². The van der Waals surface area contributed by atoms with Crippen molar-refractivity contribution in [2.45, 2.75) is 0 Å². The van der Waals surface area contributed by atoms with Gasteiger partial charge in [-0.05, 0) is 6.08 Å². The van der Waals surface area contributed by atoms with Crippen LogP contribution in [-0.2, 0) is 0 Å². The van der Waals surface area contributed by atoms with Crippen LogP contribution in [0, 0.1) is 5.41 Å². The van der Waals surface area contributed by atoms with Crippen LogP contribution in [0.5, 0.6) is 0 Å². The van der Waals surface area contributed by atoms with E-state index in [1.807, 2.05) is 0 Å². The van der Waals surface area contributed by atoms with Crippen molar-refractivity contribution < 1.29 is 0 Å². The number of rotatable bonds is 1. The van der Waals surface area contributed by atoms with E-state index in [4.69, 9.17) is 11.1 Å². The molecule has 4 N–H and O–H groups in total. The van der Waals surface area contributed by atoms with E-state index < -0.39 is 0 Å². The molecule has 0 radical (unpaired) electrons. The number of nitrogens with zero attached hydrogens (tertiary/aromatic N) is 1. The molecule has 0 atom stereocenters. The van der Waals surface area contributed by atoms with Gasteiger partial charge < -0.3 is 16.5 Å². The molecule has 52 valence electrons. The summed E-state index contributed by atoms with van der Waals surface area (Å²) in [5.74, 6) is 0.629. The van der Waals surface area contributed by atoms with Gasteiger partial charge in [-0.2, -0.15) is 0 Å². The van der Waals surface area contributed by atoms with Crippen LogP contribution in [0.4, 0.5) is 0 Å². The third-order valence-corrected chi connectivity index (χ3v) is 0.981. The maximum atomic E-state index is 6.72. The van der Waals surface area contributed by atoms with Crippen molar-refractivity contribution >= 4 is 12.4 Å². The van der Waals surface area contributed by atoms with Crippen LogP contribution < -0.4 is 11.1 Å². The summed E-state index contributed by atoms with van der Waals surface area (Å²) in [5.41, 5.74) is 5.94. The number of aliphatic imine (C=N–C) groups is 1. The quantitative estimate of drug-likeness (QED) is 0.442. The zero-order valence-electron chi connectivity index (χ0n) is 5.33. The molecule has 4 heteroatoms. The molecule has 4 nitrogen and oxygen atoms in total. The predicted octanol–water partition coefficient (Wildman–Crippen LogP) is -0.0485. The molecular weight excluding hydrogens is 128 g/mol. The van der Waals surface area contributed by atoms with Gasteiger partial charge in [-0.25, -0.2) is 4.99 Å². The summed E-state index contributed by atoms with van der Waals surface area (Å²) in [6, 6.07) is 0. The van der Waals surface area contributed by atoms with E-state index in [-0.39, 0.29) is 0 Å². The monoisotopic (exact) mass is 136 g/mol. The molecule has 1 aliphatic rings. The predicted molar refractivity (Wildman–Crippen MR) is 40.8 cm³/mol. The van der Waals surface area contributed by atoms with Crippen LogP contribution in [0.15, 0.2) is 28.8 Å². The third-order valence-electron chi connectivity index (χ3n) is 0.981. The van der Waals surface area contributed by atoms with Gasteiger partial charge in [0.05, 0.1) is 11.9 Å². The average Bonchev–Trinajstić information content (AvgIpc) is 1.95. The Kier molecular flexibility index (Phi) is 1.84. The SMILES string of the molecule is N=C/C=C1/N=CC(N)=CN1. The minimum atomic E-state index is 0.585. The van der Waals surface area contributed by atoms with Crippen molar-refractivity contribution in [1.82, 2.24) is 5.32 Å². The smallest absolute Gasteiger partial charge is 0.131 e. The normalized spacial score (nSPS) is 20.0. The van der Waals surface area contributed by atoms with E-state index in [0.29, 0.717) is 11.5 Å². The number of allylic oxidation sites excluding steroid dienone is 2. The van der Waals surface area contributed by atoms with Crippen LogP contribution in [0.3, 0.4) is 0 Å². The second kappa shape index (κ2) is 2.82. The highest BCUT2D eigenvalue weighted by molar-refractivity contribution is 5.80. The molecule has 0 saturated heterocycles. The fourth-order valence-corrected chi connectivity index (χ4v) is 0.546. The molecular formula is C6H8N4. The Morgan fingerprint density at radius 3 is 3.00 bits per heavy atom. The lowest BCUT2D eigenvalue weighted by Gasteiger charge is -2.05. The summed E-state index contributed by atoms with van der Waals surface area (Å²) in [6.07, 6.45) is 5.86. The topological polar surface area (TPSA) is 74.3 Å². The van der Waals surface area contributed by atoms with Crippen molar-refractivity contribution in [3.63, 3.8) is 0 Å². The van der Waals surface area contributed by atoms with Gasteiger partial charge in [-0.1, -0.05) is 0 Å². The molecule has 0 aromatic heterocycles. The molecule has 0 unspecified atom stereocenters. The second-order valence-electron chi connectivity index (χ2n) is 1.77. The van der Waals surface area contributed by atoms with Gasteiger partial charge in [0.15, 0.2) is 0 Å². The third kappa shape index (κ3) is 1.45. The Hall–Kier alpha value is -1.58. The number of nitrogens with two attached hydrogens (primary N) is 1. The van der Waals surface area contributed by atoms with Gasteiger partial charge in [0.25, 0.3) is 0 Å². The van der Waals surface area contributed by atoms with Gasteiger partial charge >= 0.3 is 0 Å². The van der Waals surface area contributed by atoms with Crippen molar-refractivity contribution in [3.05, 3.63) is 23.8 Å². The van der Waals surface area contributed by atoms with E-state index in [2.05, 4.69) is 10.3 Å². The standard InChI is InChI=1S/C6H8N4/c7-2-1-6-9-3-5(8)4-10-6/h1-4,7,9H,8H2/b6-1+,7-2?. The van der Waals surface area contributed by atoms with Gasteiger partial charge in [0.1, 0.15) is 5.82 Å². The Balaban J connectivity index is 2.69.